The van der Waals surface area contributed by atoms with E-state index in [0.29, 0.717) is 6.04 Å². The predicted molar refractivity (Wildman–Crippen MR) is 65.5 cm³/mol. The summed E-state index contributed by atoms with van der Waals surface area (Å²) in [5, 5.41) is 11.0. The Hall–Kier alpha value is -1.27. The molecule has 2 rings (SSSR count). The molecule has 1 aliphatic rings. The Morgan fingerprint density at radius 3 is 3.24 bits per heavy atom. The molecule has 96 valence electrons. The van der Waals surface area contributed by atoms with Gasteiger partial charge >= 0.3 is 0 Å². The fourth-order valence-electron chi connectivity index (χ4n) is 1.91. The average Bonchev–Trinajstić information content (AvgIpc) is 2.71. The first-order valence-corrected chi connectivity index (χ1v) is 5.92. The maximum absolute atomic E-state index is 5.40. The fourth-order valence-corrected chi connectivity index (χ4v) is 1.91. The Balaban J connectivity index is 1.73. The first kappa shape index (κ1) is 12.2. The number of methoxy groups -OCH3 is 1. The number of aromatic nitrogens is 2. The summed E-state index contributed by atoms with van der Waals surface area (Å²) in [5.74, 6) is 1.60. The van der Waals surface area contributed by atoms with Crippen LogP contribution in [0.3, 0.4) is 0 Å². The van der Waals surface area contributed by atoms with Crippen molar-refractivity contribution in [1.82, 2.24) is 15.1 Å². The lowest BCUT2D eigenvalue weighted by molar-refractivity contribution is 0.0753. The lowest BCUT2D eigenvalue weighted by Crippen LogP contribution is -2.42. The van der Waals surface area contributed by atoms with Gasteiger partial charge in [-0.15, -0.1) is 0 Å². The summed E-state index contributed by atoms with van der Waals surface area (Å²) in [6, 6.07) is 2.34. The topological polar surface area (TPSA) is 60.3 Å². The SMILES string of the molecule is COc1cc(NCCC2COCCN2)nn1C. The molecule has 6 heteroatoms. The summed E-state index contributed by atoms with van der Waals surface area (Å²) in [7, 11) is 3.50. The lowest BCUT2D eigenvalue weighted by atomic mass is 10.2. The number of hydrogen-bond donors (Lipinski definition) is 2. The first-order valence-electron chi connectivity index (χ1n) is 5.92. The summed E-state index contributed by atoms with van der Waals surface area (Å²) in [4.78, 5) is 0. The fraction of sp³-hybridized carbons (Fsp3) is 0.727. The van der Waals surface area contributed by atoms with Gasteiger partial charge in [0.05, 0.1) is 20.3 Å². The monoisotopic (exact) mass is 240 g/mol. The Morgan fingerprint density at radius 2 is 2.59 bits per heavy atom. The van der Waals surface area contributed by atoms with Crippen LogP contribution < -0.4 is 15.4 Å². The highest BCUT2D eigenvalue weighted by atomic mass is 16.5. The van der Waals surface area contributed by atoms with Crippen molar-refractivity contribution in [3.05, 3.63) is 6.07 Å². The van der Waals surface area contributed by atoms with Gasteiger partial charge in [-0.25, -0.2) is 4.68 Å². The lowest BCUT2D eigenvalue weighted by Gasteiger charge is -2.23. The second-order valence-electron chi connectivity index (χ2n) is 4.14. The van der Waals surface area contributed by atoms with Crippen LogP contribution in [0.4, 0.5) is 5.82 Å². The van der Waals surface area contributed by atoms with Gasteiger partial charge in [0.2, 0.25) is 5.88 Å². The van der Waals surface area contributed by atoms with Gasteiger partial charge in [0, 0.05) is 32.2 Å². The van der Waals surface area contributed by atoms with E-state index in [1.807, 2.05) is 13.1 Å². The molecular weight excluding hydrogens is 220 g/mol. The second kappa shape index (κ2) is 5.88. The Morgan fingerprint density at radius 1 is 1.71 bits per heavy atom. The van der Waals surface area contributed by atoms with Crippen LogP contribution in [0.25, 0.3) is 0 Å². The number of nitrogens with zero attached hydrogens (tertiary/aromatic N) is 2. The molecular formula is C11H20N4O2. The van der Waals surface area contributed by atoms with Gasteiger partial charge in [-0.3, -0.25) is 0 Å². The van der Waals surface area contributed by atoms with Gasteiger partial charge in [0.25, 0.3) is 0 Å². The molecule has 1 aliphatic heterocycles. The van der Waals surface area contributed by atoms with Crippen LogP contribution in [0.2, 0.25) is 0 Å². The molecule has 6 nitrogen and oxygen atoms in total. The molecule has 1 aromatic rings. The second-order valence-corrected chi connectivity index (χ2v) is 4.14. The van der Waals surface area contributed by atoms with E-state index < -0.39 is 0 Å². The molecule has 2 N–H and O–H groups in total. The third kappa shape index (κ3) is 3.34. The molecule has 1 aromatic heterocycles. The Bertz CT molecular complexity index is 347. The number of aryl methyl sites for hydroxylation is 1. The van der Waals surface area contributed by atoms with Crippen LogP contribution in [0.5, 0.6) is 5.88 Å². The standard InChI is InChI=1S/C11H20N4O2/c1-15-11(16-2)7-10(14-15)13-4-3-9-8-17-6-5-12-9/h7,9,12H,3-6,8H2,1-2H3,(H,13,14). The van der Waals surface area contributed by atoms with Crippen molar-refractivity contribution >= 4 is 5.82 Å². The van der Waals surface area contributed by atoms with Crippen molar-refractivity contribution in [1.29, 1.82) is 0 Å². The van der Waals surface area contributed by atoms with Crippen molar-refractivity contribution in [3.8, 4) is 5.88 Å². The molecule has 0 radical (unpaired) electrons. The van der Waals surface area contributed by atoms with Crippen LogP contribution in [-0.2, 0) is 11.8 Å². The molecule has 0 saturated carbocycles. The zero-order valence-corrected chi connectivity index (χ0v) is 10.4. The number of ether oxygens (including phenoxy) is 2. The van der Waals surface area contributed by atoms with Gasteiger partial charge in [-0.2, -0.15) is 5.10 Å². The van der Waals surface area contributed by atoms with Crippen molar-refractivity contribution < 1.29 is 9.47 Å². The maximum atomic E-state index is 5.40. The summed E-state index contributed by atoms with van der Waals surface area (Å²) in [5.41, 5.74) is 0. The molecule has 1 fully saturated rings. The van der Waals surface area contributed by atoms with E-state index in [-0.39, 0.29) is 0 Å². The van der Waals surface area contributed by atoms with Crippen LogP contribution in [0.1, 0.15) is 6.42 Å². The Kier molecular flexibility index (Phi) is 4.22. The van der Waals surface area contributed by atoms with E-state index in [1.165, 1.54) is 0 Å². The molecule has 0 amide bonds. The van der Waals surface area contributed by atoms with Crippen molar-refractivity contribution in [2.75, 3.05) is 38.7 Å². The van der Waals surface area contributed by atoms with Crippen LogP contribution in [0, 0.1) is 0 Å². The van der Waals surface area contributed by atoms with Gasteiger partial charge in [0.15, 0.2) is 5.82 Å². The van der Waals surface area contributed by atoms with Gasteiger partial charge in [0.1, 0.15) is 0 Å². The molecule has 0 aliphatic carbocycles. The molecule has 1 saturated heterocycles. The minimum absolute atomic E-state index is 0.446. The Labute approximate surface area is 101 Å². The summed E-state index contributed by atoms with van der Waals surface area (Å²) in [6.07, 6.45) is 1.03. The van der Waals surface area contributed by atoms with Crippen molar-refractivity contribution in [2.24, 2.45) is 7.05 Å². The quantitative estimate of drug-likeness (QED) is 0.771. The number of hydrogen-bond acceptors (Lipinski definition) is 5. The third-order valence-electron chi connectivity index (χ3n) is 2.84. The normalized spacial score (nSPS) is 20.2. The van der Waals surface area contributed by atoms with E-state index in [4.69, 9.17) is 9.47 Å². The van der Waals surface area contributed by atoms with Crippen molar-refractivity contribution in [2.45, 2.75) is 12.5 Å². The van der Waals surface area contributed by atoms with E-state index in [0.717, 1.165) is 44.4 Å². The van der Waals surface area contributed by atoms with Gasteiger partial charge in [-0.05, 0) is 6.42 Å². The largest absolute Gasteiger partial charge is 0.481 e. The first-order chi connectivity index (χ1) is 8.29. The van der Waals surface area contributed by atoms with Gasteiger partial charge in [-0.1, -0.05) is 0 Å². The van der Waals surface area contributed by atoms with Gasteiger partial charge < -0.3 is 20.1 Å². The molecule has 1 unspecified atom stereocenters. The highest BCUT2D eigenvalue weighted by molar-refractivity contribution is 5.38. The molecule has 0 aromatic carbocycles. The molecule has 2 heterocycles. The molecule has 17 heavy (non-hydrogen) atoms. The van der Waals surface area contributed by atoms with Crippen molar-refractivity contribution in [3.63, 3.8) is 0 Å². The molecule has 1 atom stereocenters. The molecule has 0 bridgehead atoms. The van der Waals surface area contributed by atoms with E-state index >= 15 is 0 Å². The predicted octanol–water partition coefficient (Wildman–Crippen LogP) is 0.219. The number of nitrogens with one attached hydrogen (secondary N) is 2. The minimum Gasteiger partial charge on any atom is -0.481 e. The zero-order chi connectivity index (χ0) is 12.1. The van der Waals surface area contributed by atoms with Crippen LogP contribution in [0.15, 0.2) is 6.07 Å². The zero-order valence-electron chi connectivity index (χ0n) is 10.4. The third-order valence-corrected chi connectivity index (χ3v) is 2.84. The van der Waals surface area contributed by atoms with Crippen LogP contribution in [-0.4, -0.2) is 49.2 Å². The maximum Gasteiger partial charge on any atom is 0.213 e. The highest BCUT2D eigenvalue weighted by Crippen LogP contribution is 2.15. The van der Waals surface area contributed by atoms with E-state index in [2.05, 4.69) is 15.7 Å². The minimum atomic E-state index is 0.446. The summed E-state index contributed by atoms with van der Waals surface area (Å²) < 4.78 is 12.3. The number of morpholine rings is 1. The highest BCUT2D eigenvalue weighted by Gasteiger charge is 2.12. The average molecular weight is 240 g/mol. The van der Waals surface area contributed by atoms with E-state index in [9.17, 15) is 0 Å². The summed E-state index contributed by atoms with van der Waals surface area (Å²) >= 11 is 0. The summed E-state index contributed by atoms with van der Waals surface area (Å²) in [6.45, 7) is 3.44. The van der Waals surface area contributed by atoms with E-state index in [1.54, 1.807) is 11.8 Å². The molecule has 0 spiro atoms. The smallest absolute Gasteiger partial charge is 0.213 e. The van der Waals surface area contributed by atoms with Crippen LogP contribution >= 0.6 is 0 Å². The number of anilines is 1. The number of rotatable bonds is 5.